The zero-order chi connectivity index (χ0) is 15.6. The van der Waals surface area contributed by atoms with Crippen LogP contribution in [0.2, 0.25) is 0 Å². The topological polar surface area (TPSA) is 94.1 Å². The minimum atomic E-state index is -4.45. The molecule has 0 bridgehead atoms. The first-order valence-electron chi connectivity index (χ1n) is 5.66. The van der Waals surface area contributed by atoms with Gasteiger partial charge in [0.1, 0.15) is 0 Å². The SMILES string of the molecule is O=[N+]([O-])c1ncn(CC(O)c2ccc(C(F)(F)F)cc2)n1. The molecule has 0 saturated carbocycles. The maximum Gasteiger partial charge on any atom is 0.490 e. The Morgan fingerprint density at radius 3 is 2.43 bits per heavy atom. The molecule has 0 spiro atoms. The lowest BCUT2D eigenvalue weighted by Crippen LogP contribution is -2.10. The van der Waals surface area contributed by atoms with E-state index in [9.17, 15) is 28.4 Å². The van der Waals surface area contributed by atoms with Crippen molar-refractivity contribution in [2.45, 2.75) is 18.8 Å². The van der Waals surface area contributed by atoms with E-state index >= 15 is 0 Å². The highest BCUT2D eigenvalue weighted by molar-refractivity contribution is 5.26. The average Bonchev–Trinajstić information content (AvgIpc) is 2.86. The molecular weight excluding hydrogens is 293 g/mol. The summed E-state index contributed by atoms with van der Waals surface area (Å²) >= 11 is 0. The maximum atomic E-state index is 12.4. The highest BCUT2D eigenvalue weighted by atomic mass is 19.4. The second kappa shape index (κ2) is 5.48. The molecule has 2 aromatic rings. The van der Waals surface area contributed by atoms with Crippen LogP contribution in [0, 0.1) is 10.1 Å². The van der Waals surface area contributed by atoms with Crippen LogP contribution in [0.1, 0.15) is 17.2 Å². The number of hydrogen-bond acceptors (Lipinski definition) is 5. The van der Waals surface area contributed by atoms with Gasteiger partial charge in [0.05, 0.1) is 18.2 Å². The fourth-order valence-electron chi connectivity index (χ4n) is 1.63. The van der Waals surface area contributed by atoms with Crippen LogP contribution < -0.4 is 0 Å². The van der Waals surface area contributed by atoms with Gasteiger partial charge in [-0.05, 0) is 22.6 Å². The Morgan fingerprint density at radius 2 is 1.95 bits per heavy atom. The van der Waals surface area contributed by atoms with Crippen LogP contribution in [0.25, 0.3) is 0 Å². The summed E-state index contributed by atoms with van der Waals surface area (Å²) in [6, 6.07) is 3.97. The van der Waals surface area contributed by atoms with E-state index in [2.05, 4.69) is 10.1 Å². The summed E-state index contributed by atoms with van der Waals surface area (Å²) in [5, 5.41) is 23.8. The van der Waals surface area contributed by atoms with Gasteiger partial charge in [-0.15, -0.1) is 0 Å². The molecular formula is C11H9F3N4O3. The van der Waals surface area contributed by atoms with Crippen molar-refractivity contribution in [3.05, 3.63) is 51.8 Å². The molecule has 1 aromatic heterocycles. The third kappa shape index (κ3) is 3.54. The predicted molar refractivity (Wildman–Crippen MR) is 63.1 cm³/mol. The molecule has 1 heterocycles. The van der Waals surface area contributed by atoms with Crippen LogP contribution in [-0.4, -0.2) is 24.8 Å². The molecule has 0 amide bonds. The fourth-order valence-corrected chi connectivity index (χ4v) is 1.63. The number of aromatic nitrogens is 3. The van der Waals surface area contributed by atoms with Gasteiger partial charge < -0.3 is 15.2 Å². The number of alkyl halides is 3. The molecule has 0 saturated heterocycles. The molecule has 1 aromatic carbocycles. The second-order valence-electron chi connectivity index (χ2n) is 4.16. The first-order chi connectivity index (χ1) is 9.77. The Hall–Kier alpha value is -2.49. The molecule has 7 nitrogen and oxygen atoms in total. The van der Waals surface area contributed by atoms with Gasteiger partial charge in [0.15, 0.2) is 0 Å². The van der Waals surface area contributed by atoms with E-state index in [1.54, 1.807) is 0 Å². The zero-order valence-electron chi connectivity index (χ0n) is 10.4. The number of halogens is 3. The number of nitro groups is 1. The van der Waals surface area contributed by atoms with Crippen molar-refractivity contribution in [3.8, 4) is 0 Å². The quantitative estimate of drug-likeness (QED) is 0.688. The van der Waals surface area contributed by atoms with Crippen molar-refractivity contribution < 1.29 is 23.2 Å². The Kier molecular flexibility index (Phi) is 3.89. The van der Waals surface area contributed by atoms with Gasteiger partial charge in [-0.2, -0.15) is 17.9 Å². The second-order valence-corrected chi connectivity index (χ2v) is 4.16. The first-order valence-corrected chi connectivity index (χ1v) is 5.66. The standard InChI is InChI=1S/C11H9F3N4O3/c12-11(13,14)8-3-1-7(2-4-8)9(19)5-17-6-15-10(16-17)18(20)21/h1-4,6,9,19H,5H2. The maximum absolute atomic E-state index is 12.4. The molecule has 0 aliphatic heterocycles. The van der Waals surface area contributed by atoms with E-state index in [0.717, 1.165) is 35.3 Å². The van der Waals surface area contributed by atoms with Crippen LogP contribution in [0.15, 0.2) is 30.6 Å². The summed E-state index contributed by atoms with van der Waals surface area (Å²) in [5.41, 5.74) is -0.587. The van der Waals surface area contributed by atoms with Gasteiger partial charge >= 0.3 is 12.1 Å². The third-order valence-corrected chi connectivity index (χ3v) is 2.67. The van der Waals surface area contributed by atoms with Gasteiger partial charge in [-0.3, -0.25) is 0 Å². The molecule has 0 aliphatic rings. The summed E-state index contributed by atoms with van der Waals surface area (Å²) in [6.45, 7) is -0.161. The number of nitrogens with zero attached hydrogens (tertiary/aromatic N) is 4. The lowest BCUT2D eigenvalue weighted by atomic mass is 10.1. The molecule has 0 radical (unpaired) electrons. The van der Waals surface area contributed by atoms with Crippen molar-refractivity contribution in [2.24, 2.45) is 0 Å². The van der Waals surface area contributed by atoms with E-state index in [4.69, 9.17) is 0 Å². The number of aliphatic hydroxyl groups excluding tert-OH is 1. The summed E-state index contributed by atoms with van der Waals surface area (Å²) in [4.78, 5) is 13.0. The number of benzene rings is 1. The van der Waals surface area contributed by atoms with Gasteiger partial charge in [0, 0.05) is 5.10 Å². The van der Waals surface area contributed by atoms with E-state index in [1.165, 1.54) is 0 Å². The molecule has 10 heteroatoms. The molecule has 1 unspecified atom stereocenters. The number of rotatable bonds is 4. The molecule has 0 aliphatic carbocycles. The summed E-state index contributed by atoms with van der Waals surface area (Å²) in [7, 11) is 0. The molecule has 2 rings (SSSR count). The van der Waals surface area contributed by atoms with Crippen molar-refractivity contribution in [1.82, 2.24) is 14.8 Å². The van der Waals surface area contributed by atoms with Crippen molar-refractivity contribution in [3.63, 3.8) is 0 Å². The van der Waals surface area contributed by atoms with Crippen LogP contribution in [0.4, 0.5) is 19.1 Å². The van der Waals surface area contributed by atoms with Gasteiger partial charge in [-0.1, -0.05) is 17.1 Å². The first kappa shape index (κ1) is 14.9. The minimum Gasteiger partial charge on any atom is -0.390 e. The van der Waals surface area contributed by atoms with E-state index in [-0.39, 0.29) is 12.1 Å². The summed E-state index contributed by atoms with van der Waals surface area (Å²) in [5.74, 6) is -0.616. The van der Waals surface area contributed by atoms with E-state index < -0.39 is 28.7 Å². The van der Waals surface area contributed by atoms with Crippen LogP contribution in [-0.2, 0) is 12.7 Å². The number of hydrogen-bond donors (Lipinski definition) is 1. The number of aliphatic hydroxyl groups is 1. The molecule has 1 atom stereocenters. The molecule has 0 fully saturated rings. The lowest BCUT2D eigenvalue weighted by molar-refractivity contribution is -0.394. The fraction of sp³-hybridized carbons (Fsp3) is 0.273. The van der Waals surface area contributed by atoms with Crippen molar-refractivity contribution in [1.29, 1.82) is 0 Å². The highest BCUT2D eigenvalue weighted by Crippen LogP contribution is 2.30. The summed E-state index contributed by atoms with van der Waals surface area (Å²) < 4.78 is 38.2. The minimum absolute atomic E-state index is 0.161. The lowest BCUT2D eigenvalue weighted by Gasteiger charge is -2.11. The van der Waals surface area contributed by atoms with Gasteiger partial charge in [0.25, 0.3) is 0 Å². The Balaban J connectivity index is 2.09. The highest BCUT2D eigenvalue weighted by Gasteiger charge is 2.30. The Labute approximate surface area is 115 Å². The van der Waals surface area contributed by atoms with Crippen molar-refractivity contribution >= 4 is 5.95 Å². The van der Waals surface area contributed by atoms with Crippen LogP contribution in [0.3, 0.4) is 0 Å². The van der Waals surface area contributed by atoms with Crippen LogP contribution in [0.5, 0.6) is 0 Å². The summed E-state index contributed by atoms with van der Waals surface area (Å²) in [6.07, 6.45) is -4.55. The largest absolute Gasteiger partial charge is 0.490 e. The Morgan fingerprint density at radius 1 is 1.33 bits per heavy atom. The normalized spacial score (nSPS) is 13.1. The third-order valence-electron chi connectivity index (χ3n) is 2.67. The van der Waals surface area contributed by atoms with E-state index in [0.29, 0.717) is 0 Å². The van der Waals surface area contributed by atoms with E-state index in [1.807, 2.05) is 0 Å². The van der Waals surface area contributed by atoms with Gasteiger partial charge in [0.2, 0.25) is 6.33 Å². The van der Waals surface area contributed by atoms with Crippen molar-refractivity contribution in [2.75, 3.05) is 0 Å². The molecule has 1 N–H and O–H groups in total. The zero-order valence-corrected chi connectivity index (χ0v) is 10.4. The Bertz CT molecular complexity index is 639. The molecule has 112 valence electrons. The average molecular weight is 302 g/mol. The van der Waals surface area contributed by atoms with Gasteiger partial charge in [-0.25, -0.2) is 0 Å². The smallest absolute Gasteiger partial charge is 0.390 e. The molecule has 21 heavy (non-hydrogen) atoms. The predicted octanol–water partition coefficient (Wildman–Crippen LogP) is 1.94. The van der Waals surface area contributed by atoms with Crippen LogP contribution >= 0.6 is 0 Å². The monoisotopic (exact) mass is 302 g/mol.